The van der Waals surface area contributed by atoms with Crippen molar-refractivity contribution >= 4 is 34.4 Å². The molecule has 10 nitrogen and oxygen atoms in total. The first-order chi connectivity index (χ1) is 17.3. The third kappa shape index (κ3) is 4.24. The lowest BCUT2D eigenvalue weighted by molar-refractivity contribution is -0.119. The Kier molecular flexibility index (Phi) is 5.85. The van der Waals surface area contributed by atoms with Crippen LogP contribution in [0.15, 0.2) is 48.5 Å². The molecule has 10 heteroatoms. The zero-order valence-electron chi connectivity index (χ0n) is 19.8. The first-order valence-electron chi connectivity index (χ1n) is 11.1. The van der Waals surface area contributed by atoms with Crippen LogP contribution in [0.3, 0.4) is 0 Å². The predicted octanol–water partition coefficient (Wildman–Crippen LogP) is 3.67. The highest BCUT2D eigenvalue weighted by atomic mass is 16.7. The number of rotatable bonds is 6. The number of nitrogens with one attached hydrogen (secondary N) is 1. The van der Waals surface area contributed by atoms with E-state index in [1.165, 1.54) is 19.1 Å². The Morgan fingerprint density at radius 2 is 1.78 bits per heavy atom. The average molecular weight is 486 g/mol. The van der Waals surface area contributed by atoms with Crippen LogP contribution in [0.5, 0.6) is 11.5 Å². The molecule has 4 aromatic rings. The molecular weight excluding hydrogens is 464 g/mol. The number of amides is 1. The van der Waals surface area contributed by atoms with Gasteiger partial charge < -0.3 is 19.5 Å². The van der Waals surface area contributed by atoms with Gasteiger partial charge in [-0.05, 0) is 26.0 Å². The maximum atomic E-state index is 13.1. The lowest BCUT2D eigenvalue weighted by Gasteiger charge is -2.12. The van der Waals surface area contributed by atoms with Crippen molar-refractivity contribution in [1.82, 2.24) is 14.8 Å². The molecule has 0 saturated heterocycles. The molecule has 1 amide bonds. The van der Waals surface area contributed by atoms with Crippen LogP contribution in [0.1, 0.15) is 33.3 Å². The van der Waals surface area contributed by atoms with Gasteiger partial charge in [0.05, 0.1) is 28.0 Å². The van der Waals surface area contributed by atoms with Gasteiger partial charge in [0.25, 0.3) is 5.91 Å². The van der Waals surface area contributed by atoms with E-state index in [1.54, 1.807) is 24.7 Å². The van der Waals surface area contributed by atoms with Crippen molar-refractivity contribution in [2.75, 3.05) is 18.7 Å². The van der Waals surface area contributed by atoms with E-state index in [2.05, 4.69) is 15.4 Å². The second-order valence-corrected chi connectivity index (χ2v) is 8.26. The number of nitrogens with zero attached hydrogens (tertiary/aromatic N) is 3. The summed E-state index contributed by atoms with van der Waals surface area (Å²) in [5, 5.41) is 7.56. The van der Waals surface area contributed by atoms with E-state index in [9.17, 15) is 14.4 Å². The van der Waals surface area contributed by atoms with Crippen LogP contribution in [0.25, 0.3) is 22.3 Å². The summed E-state index contributed by atoms with van der Waals surface area (Å²) in [5.74, 6) is -0.732. The van der Waals surface area contributed by atoms with Crippen molar-refractivity contribution in [3.63, 3.8) is 0 Å². The number of ketones is 1. The van der Waals surface area contributed by atoms with Gasteiger partial charge in [0.15, 0.2) is 29.5 Å². The number of Topliss-reactive ketones (excluding diaryl/α,β-unsaturated/α-hetero) is 1. The molecule has 0 radical (unpaired) electrons. The minimum atomic E-state index is -0.691. The number of carbonyl (C=O) groups is 3. The molecule has 0 spiro atoms. The normalized spacial score (nSPS) is 12.0. The standard InChI is InChI=1S/C26H22N4O6/c1-14-24-18(9-19(16-7-5-4-6-8-16)28-25(24)30(3)29-14)26(33)34-12-23(32)27-20-11-22-21(35-13-36-22)10-17(20)15(2)31/h4-11H,12-13H2,1-3H3,(H,27,32). The molecule has 0 unspecified atom stereocenters. The van der Waals surface area contributed by atoms with Crippen molar-refractivity contribution in [2.45, 2.75) is 13.8 Å². The van der Waals surface area contributed by atoms with Crippen LogP contribution < -0.4 is 14.8 Å². The summed E-state index contributed by atoms with van der Waals surface area (Å²) in [6.07, 6.45) is 0. The quantitative estimate of drug-likeness (QED) is 0.324. The van der Waals surface area contributed by atoms with Gasteiger partial charge in [-0.1, -0.05) is 30.3 Å². The topological polar surface area (TPSA) is 122 Å². The number of ether oxygens (including phenoxy) is 3. The van der Waals surface area contributed by atoms with Crippen LogP contribution in [-0.4, -0.2) is 45.8 Å². The molecular formula is C26H22N4O6. The zero-order valence-corrected chi connectivity index (χ0v) is 19.8. The summed E-state index contributed by atoms with van der Waals surface area (Å²) in [6.45, 7) is 2.62. The van der Waals surface area contributed by atoms with Crippen LogP contribution in [-0.2, 0) is 16.6 Å². The third-order valence-electron chi connectivity index (χ3n) is 5.76. The summed E-state index contributed by atoms with van der Waals surface area (Å²) >= 11 is 0. The Balaban J connectivity index is 1.39. The number of anilines is 1. The monoisotopic (exact) mass is 486 g/mol. The van der Waals surface area contributed by atoms with Gasteiger partial charge >= 0.3 is 5.97 Å². The van der Waals surface area contributed by atoms with Gasteiger partial charge in [0.1, 0.15) is 0 Å². The molecule has 0 bridgehead atoms. The van der Waals surface area contributed by atoms with E-state index < -0.39 is 18.5 Å². The molecule has 2 aromatic heterocycles. The molecule has 0 aliphatic carbocycles. The van der Waals surface area contributed by atoms with Crippen molar-refractivity contribution < 1.29 is 28.6 Å². The van der Waals surface area contributed by atoms with Crippen LogP contribution in [0.4, 0.5) is 5.69 Å². The number of carbonyl (C=O) groups excluding carboxylic acids is 3. The molecule has 2 aromatic carbocycles. The Morgan fingerprint density at radius 1 is 1.06 bits per heavy atom. The average Bonchev–Trinajstić information content (AvgIpc) is 3.45. The summed E-state index contributed by atoms with van der Waals surface area (Å²) in [6, 6.07) is 14.1. The number of esters is 1. The van der Waals surface area contributed by atoms with Gasteiger partial charge in [-0.3, -0.25) is 14.3 Å². The molecule has 1 N–H and O–H groups in total. The Labute approximate surface area is 205 Å². The Bertz CT molecular complexity index is 1530. The largest absolute Gasteiger partial charge is 0.454 e. The number of pyridine rings is 1. The number of aromatic nitrogens is 3. The maximum absolute atomic E-state index is 13.1. The number of hydrogen-bond donors (Lipinski definition) is 1. The summed E-state index contributed by atoms with van der Waals surface area (Å²) < 4.78 is 17.6. The fraction of sp³-hybridized carbons (Fsp3) is 0.192. The van der Waals surface area contributed by atoms with Crippen LogP contribution in [0.2, 0.25) is 0 Å². The Hall–Kier alpha value is -4.73. The molecule has 1 aliphatic rings. The smallest absolute Gasteiger partial charge is 0.339 e. The lowest BCUT2D eigenvalue weighted by Crippen LogP contribution is -2.22. The molecule has 5 rings (SSSR count). The van der Waals surface area contributed by atoms with Gasteiger partial charge in [0, 0.05) is 24.2 Å². The minimum Gasteiger partial charge on any atom is -0.454 e. The molecule has 0 saturated carbocycles. The van der Waals surface area contributed by atoms with Gasteiger partial charge in [-0.25, -0.2) is 9.78 Å². The molecule has 182 valence electrons. The highest BCUT2D eigenvalue weighted by Crippen LogP contribution is 2.37. The fourth-order valence-electron chi connectivity index (χ4n) is 4.09. The van der Waals surface area contributed by atoms with E-state index in [4.69, 9.17) is 14.2 Å². The number of fused-ring (bicyclic) bond motifs is 2. The number of benzene rings is 2. The SMILES string of the molecule is CC(=O)c1cc2c(cc1NC(=O)COC(=O)c1cc(-c3ccccc3)nc3c1c(C)nn3C)OCO2. The summed E-state index contributed by atoms with van der Waals surface area (Å²) in [5.41, 5.74) is 3.30. The first kappa shape index (κ1) is 23.0. The van der Waals surface area contributed by atoms with E-state index >= 15 is 0 Å². The van der Waals surface area contributed by atoms with Crippen molar-refractivity contribution in [3.8, 4) is 22.8 Å². The molecule has 1 aliphatic heterocycles. The van der Waals surface area contributed by atoms with E-state index in [1.807, 2.05) is 30.3 Å². The Morgan fingerprint density at radius 3 is 2.50 bits per heavy atom. The summed E-state index contributed by atoms with van der Waals surface area (Å²) in [4.78, 5) is 42.5. The predicted molar refractivity (Wildman–Crippen MR) is 130 cm³/mol. The fourth-order valence-corrected chi connectivity index (χ4v) is 4.09. The summed E-state index contributed by atoms with van der Waals surface area (Å²) in [7, 11) is 1.75. The van der Waals surface area contributed by atoms with E-state index in [0.29, 0.717) is 33.9 Å². The maximum Gasteiger partial charge on any atom is 0.339 e. The van der Waals surface area contributed by atoms with E-state index in [0.717, 1.165) is 5.56 Å². The van der Waals surface area contributed by atoms with Gasteiger partial charge in [-0.2, -0.15) is 5.10 Å². The second-order valence-electron chi connectivity index (χ2n) is 8.26. The van der Waals surface area contributed by atoms with Crippen molar-refractivity contribution in [1.29, 1.82) is 0 Å². The van der Waals surface area contributed by atoms with Gasteiger partial charge in [-0.15, -0.1) is 0 Å². The zero-order chi connectivity index (χ0) is 25.4. The molecule has 36 heavy (non-hydrogen) atoms. The third-order valence-corrected chi connectivity index (χ3v) is 5.76. The van der Waals surface area contributed by atoms with Crippen LogP contribution in [0, 0.1) is 6.92 Å². The van der Waals surface area contributed by atoms with Crippen molar-refractivity contribution in [2.24, 2.45) is 7.05 Å². The first-order valence-corrected chi connectivity index (χ1v) is 11.1. The lowest BCUT2D eigenvalue weighted by atomic mass is 10.1. The van der Waals surface area contributed by atoms with Gasteiger partial charge in [0.2, 0.25) is 6.79 Å². The minimum absolute atomic E-state index is 0.0286. The molecule has 3 heterocycles. The molecule has 0 atom stereocenters. The highest BCUT2D eigenvalue weighted by Gasteiger charge is 2.23. The van der Waals surface area contributed by atoms with E-state index in [-0.39, 0.29) is 29.4 Å². The van der Waals surface area contributed by atoms with Crippen molar-refractivity contribution in [3.05, 3.63) is 65.4 Å². The molecule has 0 fully saturated rings. The highest BCUT2D eigenvalue weighted by molar-refractivity contribution is 6.07. The second kappa shape index (κ2) is 9.14. The number of aryl methyl sites for hydroxylation is 2. The van der Waals surface area contributed by atoms with Crippen LogP contribution >= 0.6 is 0 Å². The number of hydrogen-bond acceptors (Lipinski definition) is 8.